The molecule has 3 heterocycles. The third kappa shape index (κ3) is 4.12. The summed E-state index contributed by atoms with van der Waals surface area (Å²) in [5, 5.41) is 23.3. The number of para-hydroxylation sites is 1. The second-order valence-corrected chi connectivity index (χ2v) is 6.61. The molecule has 1 amide bonds. The van der Waals surface area contributed by atoms with Crippen LogP contribution in [0.1, 0.15) is 34.1 Å². The molecule has 4 aromatic rings. The first kappa shape index (κ1) is 19.1. The molecule has 0 aliphatic rings. The highest BCUT2D eigenvalue weighted by atomic mass is 16.5. The number of hydrogen-bond acceptors (Lipinski definition) is 6. The Hall–Kier alpha value is -4.20. The summed E-state index contributed by atoms with van der Waals surface area (Å²) >= 11 is 0. The van der Waals surface area contributed by atoms with Crippen molar-refractivity contribution in [2.75, 3.05) is 0 Å². The van der Waals surface area contributed by atoms with Gasteiger partial charge in [-0.05, 0) is 30.3 Å². The first-order chi connectivity index (χ1) is 14.6. The maximum absolute atomic E-state index is 12.8. The van der Waals surface area contributed by atoms with Gasteiger partial charge in [-0.3, -0.25) is 15.2 Å². The average Bonchev–Trinajstić information content (AvgIpc) is 3.46. The zero-order chi connectivity index (χ0) is 20.9. The molecule has 1 atom stereocenters. The van der Waals surface area contributed by atoms with Gasteiger partial charge >= 0.3 is 0 Å². The molecule has 30 heavy (non-hydrogen) atoms. The molecule has 150 valence electrons. The van der Waals surface area contributed by atoms with Gasteiger partial charge in [-0.25, -0.2) is 0 Å². The number of carbonyl (C=O) groups excluding carboxylic acids is 1. The number of nitrogens with zero attached hydrogens (tertiary/aromatic N) is 2. The molecule has 0 bridgehead atoms. The number of benzene rings is 1. The van der Waals surface area contributed by atoms with E-state index in [4.69, 9.17) is 14.3 Å². The third-order valence-corrected chi connectivity index (χ3v) is 4.58. The predicted octanol–water partition coefficient (Wildman–Crippen LogP) is 2.14. The van der Waals surface area contributed by atoms with Crippen LogP contribution in [0.2, 0.25) is 0 Å². The Labute approximate surface area is 171 Å². The number of aromatic nitrogens is 2. The van der Waals surface area contributed by atoms with Crippen molar-refractivity contribution in [2.24, 2.45) is 0 Å². The highest BCUT2D eigenvalue weighted by Gasteiger charge is 2.25. The lowest BCUT2D eigenvalue weighted by molar-refractivity contribution is -0.115. The van der Waals surface area contributed by atoms with E-state index in [1.807, 2.05) is 6.07 Å². The number of nitrogens with one attached hydrogen (secondary N) is 1. The summed E-state index contributed by atoms with van der Waals surface area (Å²) in [6.07, 6.45) is 5.06. The number of nitrogens with two attached hydrogens (primary N) is 1. The summed E-state index contributed by atoms with van der Waals surface area (Å²) in [4.78, 5) is 16.9. The number of phenols is 1. The van der Waals surface area contributed by atoms with E-state index in [1.165, 1.54) is 12.3 Å². The normalized spacial score (nSPS) is 11.7. The van der Waals surface area contributed by atoms with Gasteiger partial charge in [-0.1, -0.05) is 23.4 Å². The Bertz CT molecular complexity index is 1150. The lowest BCUT2D eigenvalue weighted by Gasteiger charge is -2.18. The molecule has 0 spiro atoms. The number of hydrogen-bond donors (Lipinski definition) is 3. The van der Waals surface area contributed by atoms with Crippen LogP contribution in [0, 0.1) is 0 Å². The number of pyridine rings is 1. The van der Waals surface area contributed by atoms with Gasteiger partial charge in [0.1, 0.15) is 5.75 Å². The largest absolute Gasteiger partial charge is 0.508 e. The molecule has 0 saturated carbocycles. The Kier molecular flexibility index (Phi) is 5.38. The van der Waals surface area contributed by atoms with Crippen LogP contribution in [0.5, 0.6) is 5.75 Å². The van der Waals surface area contributed by atoms with Gasteiger partial charge in [0, 0.05) is 24.0 Å². The number of phenolic OH excluding ortho intramolecular Hbond substituents is 1. The summed E-state index contributed by atoms with van der Waals surface area (Å²) in [6.45, 7) is 0. The van der Waals surface area contributed by atoms with E-state index in [0.29, 0.717) is 22.8 Å². The van der Waals surface area contributed by atoms with Crippen LogP contribution < -0.4 is 10.7 Å². The summed E-state index contributed by atoms with van der Waals surface area (Å²) in [6, 6.07) is 14.7. The Balaban J connectivity index is 1.57. The van der Waals surface area contributed by atoms with Crippen LogP contribution >= 0.6 is 0 Å². The molecule has 3 aromatic heterocycles. The van der Waals surface area contributed by atoms with Gasteiger partial charge in [0.05, 0.1) is 24.3 Å². The van der Waals surface area contributed by atoms with Gasteiger partial charge in [0.25, 0.3) is 5.91 Å². The van der Waals surface area contributed by atoms with Crippen LogP contribution in [0.3, 0.4) is 0 Å². The molecule has 0 aliphatic carbocycles. The van der Waals surface area contributed by atoms with Crippen molar-refractivity contribution in [2.45, 2.75) is 12.5 Å². The molecule has 1 aromatic carbocycles. The van der Waals surface area contributed by atoms with Gasteiger partial charge in [0.2, 0.25) is 5.76 Å². The fourth-order valence-corrected chi connectivity index (χ4v) is 3.06. The second kappa shape index (κ2) is 8.44. The lowest BCUT2D eigenvalue weighted by atomic mass is 9.97. The number of amides is 1. The van der Waals surface area contributed by atoms with Crippen LogP contribution in [0.4, 0.5) is 0 Å². The molecular formula is C22H19N4O4+. The molecule has 0 aliphatic heterocycles. The fraction of sp³-hybridized carbons (Fsp3) is 0.0909. The number of aromatic hydroxyl groups is 1. The van der Waals surface area contributed by atoms with Crippen molar-refractivity contribution in [3.63, 3.8) is 0 Å². The SMILES string of the molecule is [NH2+]=C(CC(NC(=O)c1cc(-c2ccco2)on1)c1ccccc1O)c1cccnc1. The fourth-order valence-electron chi connectivity index (χ4n) is 3.06. The molecule has 1 unspecified atom stereocenters. The topological polar surface area (TPSA) is 127 Å². The summed E-state index contributed by atoms with van der Waals surface area (Å²) in [7, 11) is 0. The quantitative estimate of drug-likeness (QED) is 0.406. The molecule has 4 N–H and O–H groups in total. The lowest BCUT2D eigenvalue weighted by Crippen LogP contribution is -2.43. The Morgan fingerprint density at radius 3 is 2.73 bits per heavy atom. The van der Waals surface area contributed by atoms with E-state index in [9.17, 15) is 9.90 Å². The summed E-state index contributed by atoms with van der Waals surface area (Å²) in [5.74, 6) is 0.390. The van der Waals surface area contributed by atoms with Crippen LogP contribution in [-0.2, 0) is 0 Å². The Morgan fingerprint density at radius 2 is 2.00 bits per heavy atom. The monoisotopic (exact) mass is 403 g/mol. The minimum atomic E-state index is -0.595. The predicted molar refractivity (Wildman–Crippen MR) is 107 cm³/mol. The van der Waals surface area contributed by atoms with Crippen molar-refractivity contribution in [1.82, 2.24) is 15.5 Å². The van der Waals surface area contributed by atoms with Crippen molar-refractivity contribution in [1.29, 1.82) is 0 Å². The highest BCUT2D eigenvalue weighted by molar-refractivity contribution is 5.97. The van der Waals surface area contributed by atoms with Gasteiger partial charge < -0.3 is 19.4 Å². The van der Waals surface area contributed by atoms with Gasteiger partial charge in [-0.2, -0.15) is 0 Å². The van der Waals surface area contributed by atoms with E-state index in [2.05, 4.69) is 15.5 Å². The molecule has 8 nitrogen and oxygen atoms in total. The van der Waals surface area contributed by atoms with E-state index in [-0.39, 0.29) is 17.9 Å². The van der Waals surface area contributed by atoms with Gasteiger partial charge in [0.15, 0.2) is 17.2 Å². The molecule has 8 heteroatoms. The summed E-state index contributed by atoms with van der Waals surface area (Å²) in [5.41, 5.74) is 1.89. The Morgan fingerprint density at radius 1 is 1.13 bits per heavy atom. The average molecular weight is 403 g/mol. The van der Waals surface area contributed by atoms with Crippen molar-refractivity contribution >= 4 is 11.6 Å². The number of furan rings is 1. The minimum Gasteiger partial charge on any atom is -0.508 e. The molecule has 0 saturated heterocycles. The van der Waals surface area contributed by atoms with E-state index in [1.54, 1.807) is 54.9 Å². The third-order valence-electron chi connectivity index (χ3n) is 4.58. The molecule has 4 rings (SSSR count). The van der Waals surface area contributed by atoms with E-state index >= 15 is 0 Å². The van der Waals surface area contributed by atoms with Crippen molar-refractivity contribution in [3.8, 4) is 17.3 Å². The van der Waals surface area contributed by atoms with Crippen LogP contribution in [-0.4, -0.2) is 26.9 Å². The van der Waals surface area contributed by atoms with Crippen molar-refractivity contribution in [3.05, 3.63) is 90.1 Å². The first-order valence-corrected chi connectivity index (χ1v) is 9.23. The first-order valence-electron chi connectivity index (χ1n) is 9.23. The number of rotatable bonds is 7. The molecule has 0 radical (unpaired) electrons. The number of carbonyl (C=O) groups is 1. The van der Waals surface area contributed by atoms with Crippen molar-refractivity contribution < 1.29 is 24.3 Å². The molecule has 0 fully saturated rings. The van der Waals surface area contributed by atoms with Gasteiger partial charge in [-0.15, -0.1) is 0 Å². The standard InChI is InChI=1S/C22H18N4O4/c23-16(14-5-3-9-24-13-14)11-17(15-6-1-2-7-19(15)27)25-22(28)18-12-21(30-26-18)20-8-4-10-29-20/h1-10,12-13,17,23,27H,11H2,(H,25,28)/p+1. The van der Waals surface area contributed by atoms with Crippen LogP contribution in [0.25, 0.3) is 11.5 Å². The maximum Gasteiger partial charge on any atom is 0.273 e. The van der Waals surface area contributed by atoms with Crippen LogP contribution in [0.15, 0.2) is 82.2 Å². The zero-order valence-electron chi connectivity index (χ0n) is 15.9. The van der Waals surface area contributed by atoms with E-state index in [0.717, 1.165) is 5.56 Å². The maximum atomic E-state index is 12.8. The highest BCUT2D eigenvalue weighted by Crippen LogP contribution is 2.27. The minimum absolute atomic E-state index is 0.0539. The van der Waals surface area contributed by atoms with E-state index < -0.39 is 11.9 Å². The smallest absolute Gasteiger partial charge is 0.273 e. The molecular weight excluding hydrogens is 384 g/mol. The summed E-state index contributed by atoms with van der Waals surface area (Å²) < 4.78 is 10.5. The zero-order valence-corrected chi connectivity index (χ0v) is 15.9. The second-order valence-electron chi connectivity index (χ2n) is 6.61.